The van der Waals surface area contributed by atoms with Gasteiger partial charge in [0.05, 0.1) is 25.6 Å². The molecule has 2 aromatic rings. The summed E-state index contributed by atoms with van der Waals surface area (Å²) in [6.45, 7) is -0.440. The van der Waals surface area contributed by atoms with Gasteiger partial charge in [-0.15, -0.1) is 0 Å². The van der Waals surface area contributed by atoms with Gasteiger partial charge in [-0.1, -0.05) is 12.1 Å². The van der Waals surface area contributed by atoms with Crippen LogP contribution in [-0.4, -0.2) is 56.7 Å². The topological polar surface area (TPSA) is 79.9 Å². The Morgan fingerprint density at radius 2 is 1.58 bits per heavy atom. The largest absolute Gasteiger partial charge is 0.497 e. The number of para-hydroxylation sites is 2. The van der Waals surface area contributed by atoms with Crippen LogP contribution in [0, 0.1) is 5.92 Å². The van der Waals surface area contributed by atoms with E-state index in [4.69, 9.17) is 9.47 Å². The maximum absolute atomic E-state index is 12.9. The van der Waals surface area contributed by atoms with Gasteiger partial charge in [0.2, 0.25) is 5.91 Å². The highest BCUT2D eigenvalue weighted by Crippen LogP contribution is 2.28. The van der Waals surface area contributed by atoms with Crippen LogP contribution < -0.4 is 20.1 Å². The molecule has 1 fully saturated rings. The van der Waals surface area contributed by atoms with Crippen molar-refractivity contribution in [3.63, 3.8) is 0 Å². The third kappa shape index (κ3) is 6.53. The number of piperidine rings is 1. The molecule has 10 heteroatoms. The first-order chi connectivity index (χ1) is 15.7. The number of likely N-dealkylation sites (tertiary alicyclic amines) is 1. The van der Waals surface area contributed by atoms with Gasteiger partial charge in [-0.2, -0.15) is 13.2 Å². The number of carbonyl (C=O) groups is 2. The number of methoxy groups -OCH3 is 2. The number of amides is 2. The highest BCUT2D eigenvalue weighted by molar-refractivity contribution is 5.97. The summed E-state index contributed by atoms with van der Waals surface area (Å²) in [4.78, 5) is 27.3. The van der Waals surface area contributed by atoms with Crippen LogP contribution in [0.1, 0.15) is 23.2 Å². The minimum Gasteiger partial charge on any atom is -0.497 e. The molecule has 7 nitrogen and oxygen atoms in total. The van der Waals surface area contributed by atoms with E-state index in [0.717, 1.165) is 0 Å². The maximum atomic E-state index is 12.9. The molecule has 2 aromatic carbocycles. The molecule has 3 rings (SSSR count). The van der Waals surface area contributed by atoms with E-state index < -0.39 is 12.7 Å². The molecule has 0 radical (unpaired) electrons. The van der Waals surface area contributed by atoms with Crippen LogP contribution in [0.4, 0.5) is 24.5 Å². The molecular formula is C23H26F3N3O4. The lowest BCUT2D eigenvalue weighted by atomic mass is 9.95. The summed E-state index contributed by atoms with van der Waals surface area (Å²) in [5, 5.41) is 5.02. The van der Waals surface area contributed by atoms with Gasteiger partial charge in [-0.05, 0) is 37.1 Å². The standard InChI is InChI=1S/C23H26F3N3O4/c1-32-17-11-16(12-18(13-17)33-2)22(31)29-9-7-15(8-10-29)21(30)28-20-6-4-3-5-19(20)27-14-23(24,25)26/h3-6,11-13,15,27H,7-10,14H2,1-2H3,(H,28,30). The monoisotopic (exact) mass is 465 g/mol. The van der Waals surface area contributed by atoms with Crippen LogP contribution >= 0.6 is 0 Å². The molecule has 2 N–H and O–H groups in total. The number of benzene rings is 2. The van der Waals surface area contributed by atoms with Crippen molar-refractivity contribution in [2.24, 2.45) is 5.92 Å². The van der Waals surface area contributed by atoms with Crippen molar-refractivity contribution >= 4 is 23.2 Å². The highest BCUT2D eigenvalue weighted by Gasteiger charge is 2.29. The van der Waals surface area contributed by atoms with E-state index in [0.29, 0.717) is 43.0 Å². The van der Waals surface area contributed by atoms with Crippen LogP contribution in [-0.2, 0) is 4.79 Å². The number of rotatable bonds is 7. The van der Waals surface area contributed by atoms with Crippen LogP contribution in [0.15, 0.2) is 42.5 Å². The van der Waals surface area contributed by atoms with E-state index in [1.165, 1.54) is 20.3 Å². The van der Waals surface area contributed by atoms with E-state index >= 15 is 0 Å². The molecule has 33 heavy (non-hydrogen) atoms. The average molecular weight is 465 g/mol. The van der Waals surface area contributed by atoms with E-state index in [1.54, 1.807) is 41.3 Å². The van der Waals surface area contributed by atoms with Crippen LogP contribution in [0.25, 0.3) is 0 Å². The summed E-state index contributed by atoms with van der Waals surface area (Å²) in [6.07, 6.45) is -3.49. The van der Waals surface area contributed by atoms with Gasteiger partial charge in [-0.25, -0.2) is 0 Å². The predicted molar refractivity (Wildman–Crippen MR) is 118 cm³/mol. The Kier molecular flexibility index (Phi) is 7.67. The van der Waals surface area contributed by atoms with Crippen molar-refractivity contribution in [2.75, 3.05) is 44.5 Å². The van der Waals surface area contributed by atoms with Crippen LogP contribution in [0.3, 0.4) is 0 Å². The third-order valence-electron chi connectivity index (χ3n) is 5.42. The second-order valence-electron chi connectivity index (χ2n) is 7.67. The molecule has 0 atom stereocenters. The van der Waals surface area contributed by atoms with Crippen molar-refractivity contribution in [2.45, 2.75) is 19.0 Å². The minimum absolute atomic E-state index is 0.187. The summed E-state index contributed by atoms with van der Waals surface area (Å²) < 4.78 is 48.0. The fourth-order valence-electron chi connectivity index (χ4n) is 3.63. The quantitative estimate of drug-likeness (QED) is 0.642. The first-order valence-electron chi connectivity index (χ1n) is 10.4. The minimum atomic E-state index is -4.37. The Balaban J connectivity index is 1.59. The Hall–Kier alpha value is -3.43. The molecule has 0 saturated carbocycles. The molecular weight excluding hydrogens is 439 g/mol. The summed E-state index contributed by atoms with van der Waals surface area (Å²) in [7, 11) is 3.01. The predicted octanol–water partition coefficient (Wildman–Crippen LogP) is 4.17. The summed E-state index contributed by atoms with van der Waals surface area (Å²) in [6, 6.07) is 11.2. The number of anilines is 2. The number of ether oxygens (including phenoxy) is 2. The molecule has 1 aliphatic rings. The lowest BCUT2D eigenvalue weighted by Crippen LogP contribution is -2.41. The zero-order valence-electron chi connectivity index (χ0n) is 18.4. The Morgan fingerprint density at radius 3 is 2.12 bits per heavy atom. The SMILES string of the molecule is COc1cc(OC)cc(C(=O)N2CCC(C(=O)Nc3ccccc3NCC(F)(F)F)CC2)c1. The lowest BCUT2D eigenvalue weighted by molar-refractivity contribution is -0.121. The summed E-state index contributed by atoms with van der Waals surface area (Å²) >= 11 is 0. The average Bonchev–Trinajstić information content (AvgIpc) is 2.82. The van der Waals surface area contributed by atoms with Crippen molar-refractivity contribution < 1.29 is 32.2 Å². The molecule has 0 aliphatic carbocycles. The number of alkyl halides is 3. The van der Waals surface area contributed by atoms with Gasteiger partial charge in [0.1, 0.15) is 18.0 Å². The third-order valence-corrected chi connectivity index (χ3v) is 5.42. The number of hydrogen-bond donors (Lipinski definition) is 2. The second kappa shape index (κ2) is 10.5. The second-order valence-corrected chi connectivity index (χ2v) is 7.67. The van der Waals surface area contributed by atoms with E-state index in [-0.39, 0.29) is 29.1 Å². The van der Waals surface area contributed by atoms with Gasteiger partial charge >= 0.3 is 6.18 Å². The Labute approximate surface area is 189 Å². The van der Waals surface area contributed by atoms with Gasteiger partial charge in [0.15, 0.2) is 0 Å². The van der Waals surface area contributed by atoms with Crippen molar-refractivity contribution in [1.29, 1.82) is 0 Å². The van der Waals surface area contributed by atoms with E-state index in [1.807, 2.05) is 0 Å². The fraction of sp³-hybridized carbons (Fsp3) is 0.391. The molecule has 0 bridgehead atoms. The molecule has 2 amide bonds. The van der Waals surface area contributed by atoms with Gasteiger partial charge < -0.3 is 25.0 Å². The summed E-state index contributed by atoms with van der Waals surface area (Å²) in [5.74, 6) is 0.179. The van der Waals surface area contributed by atoms with Crippen molar-refractivity contribution in [1.82, 2.24) is 4.90 Å². The number of nitrogens with zero attached hydrogens (tertiary/aromatic N) is 1. The molecule has 178 valence electrons. The molecule has 1 aliphatic heterocycles. The van der Waals surface area contributed by atoms with Gasteiger partial charge in [0, 0.05) is 30.6 Å². The first kappa shape index (κ1) is 24.2. The smallest absolute Gasteiger partial charge is 0.405 e. The summed E-state index contributed by atoms with van der Waals surface area (Å²) in [5.41, 5.74) is 0.912. The Bertz CT molecular complexity index is 967. The van der Waals surface area contributed by atoms with Gasteiger partial charge in [-0.3, -0.25) is 9.59 Å². The normalized spacial score (nSPS) is 14.5. The number of carbonyl (C=O) groups excluding carboxylic acids is 2. The number of halogens is 3. The zero-order chi connectivity index (χ0) is 24.0. The van der Waals surface area contributed by atoms with Crippen LogP contribution in [0.5, 0.6) is 11.5 Å². The van der Waals surface area contributed by atoms with Crippen molar-refractivity contribution in [3.8, 4) is 11.5 Å². The van der Waals surface area contributed by atoms with E-state index in [9.17, 15) is 22.8 Å². The zero-order valence-corrected chi connectivity index (χ0v) is 18.4. The molecule has 0 unspecified atom stereocenters. The van der Waals surface area contributed by atoms with Crippen LogP contribution in [0.2, 0.25) is 0 Å². The Morgan fingerprint density at radius 1 is 1.00 bits per heavy atom. The molecule has 0 spiro atoms. The molecule has 0 aromatic heterocycles. The van der Waals surface area contributed by atoms with Gasteiger partial charge in [0.25, 0.3) is 5.91 Å². The fourth-order valence-corrected chi connectivity index (χ4v) is 3.63. The number of nitrogens with one attached hydrogen (secondary N) is 2. The van der Waals surface area contributed by atoms with E-state index in [2.05, 4.69) is 10.6 Å². The maximum Gasteiger partial charge on any atom is 0.405 e. The lowest BCUT2D eigenvalue weighted by Gasteiger charge is -2.31. The molecule has 1 saturated heterocycles. The number of hydrogen-bond acceptors (Lipinski definition) is 5. The highest BCUT2D eigenvalue weighted by atomic mass is 19.4. The first-order valence-corrected chi connectivity index (χ1v) is 10.4. The van der Waals surface area contributed by atoms with Crippen molar-refractivity contribution in [3.05, 3.63) is 48.0 Å². The molecule has 1 heterocycles.